The Bertz CT molecular complexity index is 580. The van der Waals surface area contributed by atoms with Crippen LogP contribution in [0.25, 0.3) is 5.69 Å². The summed E-state index contributed by atoms with van der Waals surface area (Å²) in [5.41, 5.74) is 2.01. The molecule has 1 aromatic heterocycles. The van der Waals surface area contributed by atoms with Gasteiger partial charge in [-0.05, 0) is 24.3 Å². The van der Waals surface area contributed by atoms with Crippen LogP contribution in [-0.4, -0.2) is 26.7 Å². The lowest BCUT2D eigenvalue weighted by atomic mass is 10.2. The summed E-state index contributed by atoms with van der Waals surface area (Å²) < 4.78 is 1.82. The molecule has 1 N–H and O–H groups in total. The number of nitrogens with zero attached hydrogens (tertiary/aromatic N) is 2. The van der Waals surface area contributed by atoms with Gasteiger partial charge >= 0.3 is 0 Å². The van der Waals surface area contributed by atoms with Crippen LogP contribution in [0.1, 0.15) is 32.4 Å². The number of hydrogen-bond acceptors (Lipinski definition) is 3. The van der Waals surface area contributed by atoms with Crippen LogP contribution in [0.3, 0.4) is 0 Å². The molecule has 0 bridgehead atoms. The highest BCUT2D eigenvalue weighted by Crippen LogP contribution is 2.15. The molecule has 1 amide bonds. The van der Waals surface area contributed by atoms with E-state index in [0.717, 1.165) is 11.3 Å². The number of benzene rings is 1. The standard InChI is InChI=1S/C16H21N3OS/c1-12(2)21-11-16(20)18-13(3)14-9-17-19(10-14)15-7-5-4-6-8-15/h4-10,12-13H,11H2,1-3H3,(H,18,20). The molecule has 1 unspecified atom stereocenters. The van der Waals surface area contributed by atoms with Crippen molar-refractivity contribution in [3.05, 3.63) is 48.3 Å². The van der Waals surface area contributed by atoms with E-state index in [0.29, 0.717) is 11.0 Å². The topological polar surface area (TPSA) is 46.9 Å². The molecular formula is C16H21N3OS. The molecule has 2 rings (SSSR count). The molecule has 0 radical (unpaired) electrons. The summed E-state index contributed by atoms with van der Waals surface area (Å²) in [6, 6.07) is 9.89. The van der Waals surface area contributed by atoms with Crippen molar-refractivity contribution in [2.75, 3.05) is 5.75 Å². The normalized spacial score (nSPS) is 12.4. The first kappa shape index (κ1) is 15.6. The van der Waals surface area contributed by atoms with E-state index in [-0.39, 0.29) is 11.9 Å². The van der Waals surface area contributed by atoms with Gasteiger partial charge in [0.05, 0.1) is 23.7 Å². The van der Waals surface area contributed by atoms with Gasteiger partial charge in [0, 0.05) is 11.8 Å². The molecule has 2 aromatic rings. The fraction of sp³-hybridized carbons (Fsp3) is 0.375. The smallest absolute Gasteiger partial charge is 0.230 e. The van der Waals surface area contributed by atoms with E-state index in [1.165, 1.54) is 0 Å². The zero-order chi connectivity index (χ0) is 15.2. The number of nitrogens with one attached hydrogen (secondary N) is 1. The second-order valence-electron chi connectivity index (χ2n) is 5.20. The second-order valence-corrected chi connectivity index (χ2v) is 6.77. The summed E-state index contributed by atoms with van der Waals surface area (Å²) in [6.07, 6.45) is 3.75. The van der Waals surface area contributed by atoms with Gasteiger partial charge in [-0.25, -0.2) is 4.68 Å². The average molecular weight is 303 g/mol. The Labute approximate surface area is 129 Å². The van der Waals surface area contributed by atoms with Crippen LogP contribution in [0.2, 0.25) is 0 Å². The van der Waals surface area contributed by atoms with E-state index in [1.807, 2.05) is 48.1 Å². The van der Waals surface area contributed by atoms with Gasteiger partial charge in [0.15, 0.2) is 0 Å². The first-order valence-corrected chi connectivity index (χ1v) is 8.12. The summed E-state index contributed by atoms with van der Waals surface area (Å²) >= 11 is 1.65. The van der Waals surface area contributed by atoms with Crippen LogP contribution in [0, 0.1) is 0 Å². The van der Waals surface area contributed by atoms with Crippen molar-refractivity contribution in [1.82, 2.24) is 15.1 Å². The number of para-hydroxylation sites is 1. The van der Waals surface area contributed by atoms with E-state index in [1.54, 1.807) is 18.0 Å². The minimum absolute atomic E-state index is 0.0391. The van der Waals surface area contributed by atoms with Crippen LogP contribution in [0.15, 0.2) is 42.7 Å². The molecule has 1 atom stereocenters. The van der Waals surface area contributed by atoms with Gasteiger partial charge in [-0.1, -0.05) is 32.0 Å². The molecule has 0 saturated heterocycles. The fourth-order valence-corrected chi connectivity index (χ4v) is 2.46. The van der Waals surface area contributed by atoms with Crippen molar-refractivity contribution in [3.8, 4) is 5.69 Å². The molecule has 1 heterocycles. The third kappa shape index (κ3) is 4.63. The molecular weight excluding hydrogens is 282 g/mol. The number of hydrogen-bond donors (Lipinski definition) is 1. The predicted molar refractivity (Wildman–Crippen MR) is 87.7 cm³/mol. The van der Waals surface area contributed by atoms with Gasteiger partial charge in [-0.15, -0.1) is 11.8 Å². The summed E-state index contributed by atoms with van der Waals surface area (Å²) in [6.45, 7) is 6.15. The van der Waals surface area contributed by atoms with Gasteiger partial charge in [0.2, 0.25) is 5.91 Å². The molecule has 1 aromatic carbocycles. The summed E-state index contributed by atoms with van der Waals surface area (Å²) in [5.74, 6) is 0.558. The van der Waals surface area contributed by atoms with Gasteiger partial charge in [0.25, 0.3) is 0 Å². The molecule has 0 fully saturated rings. The minimum Gasteiger partial charge on any atom is -0.349 e. The molecule has 0 spiro atoms. The lowest BCUT2D eigenvalue weighted by Gasteiger charge is -2.12. The van der Waals surface area contributed by atoms with Gasteiger partial charge in [0.1, 0.15) is 0 Å². The molecule has 112 valence electrons. The zero-order valence-corrected chi connectivity index (χ0v) is 13.4. The van der Waals surface area contributed by atoms with Crippen LogP contribution >= 0.6 is 11.8 Å². The van der Waals surface area contributed by atoms with Crippen molar-refractivity contribution in [2.45, 2.75) is 32.1 Å². The van der Waals surface area contributed by atoms with Crippen molar-refractivity contribution in [3.63, 3.8) is 0 Å². The van der Waals surface area contributed by atoms with Crippen LogP contribution in [-0.2, 0) is 4.79 Å². The summed E-state index contributed by atoms with van der Waals surface area (Å²) in [7, 11) is 0. The average Bonchev–Trinajstić information content (AvgIpc) is 2.96. The first-order chi connectivity index (χ1) is 10.1. The highest BCUT2D eigenvalue weighted by Gasteiger charge is 2.12. The SMILES string of the molecule is CC(C)SCC(=O)NC(C)c1cnn(-c2ccccc2)c1. The molecule has 0 aliphatic rings. The third-order valence-corrected chi connectivity index (χ3v) is 4.14. The molecule has 4 nitrogen and oxygen atoms in total. The van der Waals surface area contributed by atoms with Crippen molar-refractivity contribution in [1.29, 1.82) is 0 Å². The second kappa shape index (κ2) is 7.31. The Morgan fingerprint density at radius 1 is 1.29 bits per heavy atom. The van der Waals surface area contributed by atoms with Crippen LogP contribution in [0.4, 0.5) is 0 Å². The van der Waals surface area contributed by atoms with Crippen LogP contribution in [0.5, 0.6) is 0 Å². The lowest BCUT2D eigenvalue weighted by Crippen LogP contribution is -2.28. The quantitative estimate of drug-likeness (QED) is 0.891. The highest BCUT2D eigenvalue weighted by molar-refractivity contribution is 8.00. The number of carbonyl (C=O) groups is 1. The molecule has 21 heavy (non-hydrogen) atoms. The Balaban J connectivity index is 1.96. The van der Waals surface area contributed by atoms with Gasteiger partial charge < -0.3 is 5.32 Å². The van der Waals surface area contributed by atoms with Crippen molar-refractivity contribution >= 4 is 17.7 Å². The third-order valence-electron chi connectivity index (χ3n) is 3.05. The lowest BCUT2D eigenvalue weighted by molar-refractivity contribution is -0.119. The van der Waals surface area contributed by atoms with E-state index in [2.05, 4.69) is 24.3 Å². The van der Waals surface area contributed by atoms with Crippen molar-refractivity contribution < 1.29 is 4.79 Å². The van der Waals surface area contributed by atoms with E-state index >= 15 is 0 Å². The van der Waals surface area contributed by atoms with E-state index < -0.39 is 0 Å². The van der Waals surface area contributed by atoms with E-state index in [9.17, 15) is 4.79 Å². The molecule has 0 aliphatic heterocycles. The molecule has 0 aliphatic carbocycles. The Morgan fingerprint density at radius 3 is 2.67 bits per heavy atom. The predicted octanol–water partition coefficient (Wildman–Crippen LogP) is 3.19. The van der Waals surface area contributed by atoms with Crippen LogP contribution < -0.4 is 5.32 Å². The van der Waals surface area contributed by atoms with Crippen molar-refractivity contribution in [2.24, 2.45) is 0 Å². The summed E-state index contributed by atoms with van der Waals surface area (Å²) in [5, 5.41) is 7.82. The maximum Gasteiger partial charge on any atom is 0.230 e. The maximum absolute atomic E-state index is 11.8. The number of aromatic nitrogens is 2. The zero-order valence-electron chi connectivity index (χ0n) is 12.6. The Kier molecular flexibility index (Phi) is 5.44. The largest absolute Gasteiger partial charge is 0.349 e. The Hall–Kier alpha value is -1.75. The molecule has 0 saturated carbocycles. The monoisotopic (exact) mass is 303 g/mol. The maximum atomic E-state index is 11.8. The highest BCUT2D eigenvalue weighted by atomic mass is 32.2. The number of thioether (sulfide) groups is 1. The number of rotatable bonds is 6. The number of amides is 1. The first-order valence-electron chi connectivity index (χ1n) is 7.07. The summed E-state index contributed by atoms with van der Waals surface area (Å²) in [4.78, 5) is 11.8. The Morgan fingerprint density at radius 2 is 2.00 bits per heavy atom. The van der Waals surface area contributed by atoms with Gasteiger partial charge in [-0.2, -0.15) is 5.10 Å². The number of carbonyl (C=O) groups excluding carboxylic acids is 1. The van der Waals surface area contributed by atoms with Gasteiger partial charge in [-0.3, -0.25) is 4.79 Å². The fourth-order valence-electron chi connectivity index (χ4n) is 1.89. The minimum atomic E-state index is -0.0391. The van der Waals surface area contributed by atoms with E-state index in [4.69, 9.17) is 0 Å². The molecule has 5 heteroatoms.